The molecule has 1 aromatic rings. The summed E-state index contributed by atoms with van der Waals surface area (Å²) >= 11 is 7.33. The molecule has 0 spiro atoms. The minimum atomic E-state index is -0.832. The molecule has 1 fully saturated rings. The predicted molar refractivity (Wildman–Crippen MR) is 78.3 cm³/mol. The van der Waals surface area contributed by atoms with Gasteiger partial charge in [0.25, 0.3) is 0 Å². The third-order valence-electron chi connectivity index (χ3n) is 3.49. The van der Waals surface area contributed by atoms with Gasteiger partial charge in [-0.1, -0.05) is 18.5 Å². The molecule has 1 aliphatic rings. The van der Waals surface area contributed by atoms with E-state index in [-0.39, 0.29) is 18.5 Å². The maximum absolute atomic E-state index is 12.0. The molecule has 0 aromatic carbocycles. The van der Waals surface area contributed by atoms with Crippen molar-refractivity contribution in [3.63, 3.8) is 0 Å². The summed E-state index contributed by atoms with van der Waals surface area (Å²) in [6.45, 7) is 3.17. The molecule has 2 unspecified atom stereocenters. The standard InChI is InChI=1S/C13H17ClN2O3S/c1-8-6-16(7-10(8)12(17)18)13(19)15-5-4-9-2-3-11(14)20-9/h2-3,8,10H,4-7H2,1H3,(H,15,19)(H,17,18). The van der Waals surface area contributed by atoms with Crippen LogP contribution in [0, 0.1) is 11.8 Å². The number of hydrogen-bond donors (Lipinski definition) is 2. The van der Waals surface area contributed by atoms with Gasteiger partial charge in [-0.25, -0.2) is 4.79 Å². The van der Waals surface area contributed by atoms with Gasteiger partial charge in [0.1, 0.15) is 0 Å². The molecule has 0 radical (unpaired) electrons. The third kappa shape index (κ3) is 3.64. The Morgan fingerprint density at radius 2 is 2.25 bits per heavy atom. The summed E-state index contributed by atoms with van der Waals surface area (Å²) in [5.41, 5.74) is 0. The summed E-state index contributed by atoms with van der Waals surface area (Å²) in [6, 6.07) is 3.59. The second-order valence-corrected chi connectivity index (χ2v) is 6.81. The van der Waals surface area contributed by atoms with E-state index in [2.05, 4.69) is 5.32 Å². The number of likely N-dealkylation sites (tertiary alicyclic amines) is 1. The molecule has 2 atom stereocenters. The second kappa shape index (κ2) is 6.45. The second-order valence-electron chi connectivity index (χ2n) is 5.01. The van der Waals surface area contributed by atoms with Gasteiger partial charge < -0.3 is 15.3 Å². The number of rotatable bonds is 4. The van der Waals surface area contributed by atoms with Crippen LogP contribution in [-0.2, 0) is 11.2 Å². The lowest BCUT2D eigenvalue weighted by atomic mass is 9.99. The molecule has 20 heavy (non-hydrogen) atoms. The fraction of sp³-hybridized carbons (Fsp3) is 0.538. The van der Waals surface area contributed by atoms with E-state index in [0.29, 0.717) is 13.1 Å². The molecule has 2 amide bonds. The quantitative estimate of drug-likeness (QED) is 0.895. The molecule has 2 rings (SSSR count). The largest absolute Gasteiger partial charge is 0.481 e. The molecular weight excluding hydrogens is 300 g/mol. The number of nitrogens with zero attached hydrogens (tertiary/aromatic N) is 1. The molecule has 1 saturated heterocycles. The lowest BCUT2D eigenvalue weighted by Gasteiger charge is -2.16. The summed E-state index contributed by atoms with van der Waals surface area (Å²) < 4.78 is 0.740. The molecule has 7 heteroatoms. The zero-order chi connectivity index (χ0) is 14.7. The van der Waals surface area contributed by atoms with Crippen molar-refractivity contribution in [3.05, 3.63) is 21.3 Å². The third-order valence-corrected chi connectivity index (χ3v) is 4.78. The van der Waals surface area contributed by atoms with Gasteiger partial charge in [-0.15, -0.1) is 11.3 Å². The van der Waals surface area contributed by atoms with Crippen LogP contribution in [0.15, 0.2) is 12.1 Å². The summed E-state index contributed by atoms with van der Waals surface area (Å²) in [4.78, 5) is 25.7. The lowest BCUT2D eigenvalue weighted by Crippen LogP contribution is -2.39. The number of nitrogens with one attached hydrogen (secondary N) is 1. The Morgan fingerprint density at radius 1 is 1.50 bits per heavy atom. The number of halogens is 1. The van der Waals surface area contributed by atoms with Gasteiger partial charge >= 0.3 is 12.0 Å². The van der Waals surface area contributed by atoms with Crippen LogP contribution in [-0.4, -0.2) is 41.6 Å². The van der Waals surface area contributed by atoms with Gasteiger partial charge in [-0.2, -0.15) is 0 Å². The van der Waals surface area contributed by atoms with Crippen LogP contribution in [0.1, 0.15) is 11.8 Å². The number of thiophene rings is 1. The van der Waals surface area contributed by atoms with E-state index in [1.54, 1.807) is 4.90 Å². The minimum absolute atomic E-state index is 0.00523. The van der Waals surface area contributed by atoms with E-state index in [0.717, 1.165) is 15.6 Å². The van der Waals surface area contributed by atoms with E-state index in [1.165, 1.54) is 11.3 Å². The summed E-state index contributed by atoms with van der Waals surface area (Å²) in [7, 11) is 0. The number of urea groups is 1. The van der Waals surface area contributed by atoms with Crippen molar-refractivity contribution >= 4 is 34.9 Å². The topological polar surface area (TPSA) is 69.6 Å². The van der Waals surface area contributed by atoms with Crippen LogP contribution in [0.4, 0.5) is 4.79 Å². The maximum atomic E-state index is 12.0. The van der Waals surface area contributed by atoms with Crippen LogP contribution in [0.3, 0.4) is 0 Å². The first kappa shape index (κ1) is 15.1. The van der Waals surface area contributed by atoms with Gasteiger partial charge in [0.2, 0.25) is 0 Å². The number of carboxylic acid groups (broad SMARTS) is 1. The summed E-state index contributed by atoms with van der Waals surface area (Å²) in [5.74, 6) is -1.30. The van der Waals surface area contributed by atoms with Crippen LogP contribution in [0.5, 0.6) is 0 Å². The van der Waals surface area contributed by atoms with E-state index >= 15 is 0 Å². The first-order valence-corrected chi connectivity index (χ1v) is 7.66. The zero-order valence-electron chi connectivity index (χ0n) is 11.1. The highest BCUT2D eigenvalue weighted by Crippen LogP contribution is 2.23. The van der Waals surface area contributed by atoms with E-state index in [4.69, 9.17) is 16.7 Å². The van der Waals surface area contributed by atoms with Crippen molar-refractivity contribution < 1.29 is 14.7 Å². The number of aliphatic carboxylic acids is 1. The van der Waals surface area contributed by atoms with Crippen LogP contribution in [0.25, 0.3) is 0 Å². The average molecular weight is 317 g/mol. The van der Waals surface area contributed by atoms with Gasteiger partial charge in [-0.05, 0) is 24.5 Å². The Hall–Kier alpha value is -1.27. The first-order chi connectivity index (χ1) is 9.47. The highest BCUT2D eigenvalue weighted by Gasteiger charge is 2.36. The van der Waals surface area contributed by atoms with E-state index < -0.39 is 11.9 Å². The molecule has 0 saturated carbocycles. The van der Waals surface area contributed by atoms with Crippen molar-refractivity contribution in [1.29, 1.82) is 0 Å². The monoisotopic (exact) mass is 316 g/mol. The molecule has 2 heterocycles. The molecule has 2 N–H and O–H groups in total. The van der Waals surface area contributed by atoms with Gasteiger partial charge in [0.05, 0.1) is 10.3 Å². The molecular formula is C13H17ClN2O3S. The molecule has 0 bridgehead atoms. The van der Waals surface area contributed by atoms with Gasteiger partial charge in [-0.3, -0.25) is 4.79 Å². The number of hydrogen-bond acceptors (Lipinski definition) is 3. The number of carbonyl (C=O) groups excluding carboxylic acids is 1. The molecule has 0 aliphatic carbocycles. The highest BCUT2D eigenvalue weighted by molar-refractivity contribution is 7.16. The van der Waals surface area contributed by atoms with Crippen molar-refractivity contribution in [2.75, 3.05) is 19.6 Å². The molecule has 1 aromatic heterocycles. The minimum Gasteiger partial charge on any atom is -0.481 e. The number of carbonyl (C=O) groups is 2. The van der Waals surface area contributed by atoms with Crippen LogP contribution in [0.2, 0.25) is 4.34 Å². The van der Waals surface area contributed by atoms with Gasteiger partial charge in [0, 0.05) is 24.5 Å². The fourth-order valence-corrected chi connectivity index (χ4v) is 3.43. The van der Waals surface area contributed by atoms with Crippen molar-refractivity contribution in [2.24, 2.45) is 11.8 Å². The maximum Gasteiger partial charge on any atom is 0.317 e. The first-order valence-electron chi connectivity index (χ1n) is 6.47. The number of amides is 2. The fourth-order valence-electron chi connectivity index (χ4n) is 2.34. The van der Waals surface area contributed by atoms with E-state index in [9.17, 15) is 9.59 Å². The molecule has 5 nitrogen and oxygen atoms in total. The predicted octanol–water partition coefficient (Wildman–Crippen LogP) is 2.31. The average Bonchev–Trinajstić information content (AvgIpc) is 2.95. The van der Waals surface area contributed by atoms with Crippen LogP contribution >= 0.6 is 22.9 Å². The van der Waals surface area contributed by atoms with Crippen molar-refractivity contribution in [3.8, 4) is 0 Å². The van der Waals surface area contributed by atoms with E-state index in [1.807, 2.05) is 19.1 Å². The van der Waals surface area contributed by atoms with Gasteiger partial charge in [0.15, 0.2) is 0 Å². The normalized spacial score (nSPS) is 22.0. The highest BCUT2D eigenvalue weighted by atomic mass is 35.5. The number of carboxylic acids is 1. The molecule has 1 aliphatic heterocycles. The van der Waals surface area contributed by atoms with Crippen LogP contribution < -0.4 is 5.32 Å². The lowest BCUT2D eigenvalue weighted by molar-refractivity contribution is -0.142. The Morgan fingerprint density at radius 3 is 2.80 bits per heavy atom. The van der Waals surface area contributed by atoms with Crippen molar-refractivity contribution in [2.45, 2.75) is 13.3 Å². The Labute approximate surface area is 126 Å². The summed E-state index contributed by atoms with van der Waals surface area (Å²) in [5, 5.41) is 11.9. The zero-order valence-corrected chi connectivity index (χ0v) is 12.7. The molecule has 110 valence electrons. The van der Waals surface area contributed by atoms with Crippen molar-refractivity contribution in [1.82, 2.24) is 10.2 Å². The Balaban J connectivity index is 1.77. The summed E-state index contributed by atoms with van der Waals surface area (Å²) in [6.07, 6.45) is 0.731. The Bertz CT molecular complexity index is 506. The smallest absolute Gasteiger partial charge is 0.317 e. The Kier molecular flexibility index (Phi) is 4.88. The SMILES string of the molecule is CC1CN(C(=O)NCCc2ccc(Cl)s2)CC1C(=O)O.